The van der Waals surface area contributed by atoms with Crippen molar-refractivity contribution < 1.29 is 48.5 Å². The molecule has 0 saturated heterocycles. The minimum Gasteiger partial charge on any atom is -0.686 e. The molecule has 0 bridgehead atoms. The van der Waals surface area contributed by atoms with E-state index >= 15 is 0 Å². The number of aryl methyl sites for hydroxylation is 1. The second-order valence-electron chi connectivity index (χ2n) is 9.21. The predicted octanol–water partition coefficient (Wildman–Crippen LogP) is 7.57. The van der Waals surface area contributed by atoms with Gasteiger partial charge in [-0.1, -0.05) is 44.7 Å². The smallest absolute Gasteiger partial charge is 0.448 e. The van der Waals surface area contributed by atoms with E-state index in [9.17, 15) is 17.6 Å². The van der Waals surface area contributed by atoms with Crippen LogP contribution in [0.4, 0.5) is 17.6 Å². The molecule has 6 nitrogen and oxygen atoms in total. The van der Waals surface area contributed by atoms with Crippen LogP contribution >= 0.6 is 0 Å². The van der Waals surface area contributed by atoms with E-state index < -0.39 is 17.8 Å². The predicted molar refractivity (Wildman–Crippen MR) is 145 cm³/mol. The minimum absolute atomic E-state index is 0. The summed E-state index contributed by atoms with van der Waals surface area (Å²) in [6.45, 7) is 7.64. The first kappa shape index (κ1) is 32.8. The van der Waals surface area contributed by atoms with Gasteiger partial charge in [-0.05, 0) is 43.5 Å². The summed E-state index contributed by atoms with van der Waals surface area (Å²) in [6, 6.07) is 7.63. The number of benzene rings is 1. The summed E-state index contributed by atoms with van der Waals surface area (Å²) in [5.74, 6) is -1.42. The van der Waals surface area contributed by atoms with Crippen molar-refractivity contribution in [2.24, 2.45) is 5.92 Å². The zero-order valence-electron chi connectivity index (χ0n) is 22.8. The summed E-state index contributed by atoms with van der Waals surface area (Å²) in [7, 11) is 1.87. The average Bonchev–Trinajstić information content (AvgIpc) is 2.87. The Hall–Kier alpha value is -3.39. The third kappa shape index (κ3) is 8.30. The third-order valence-electron chi connectivity index (χ3n) is 5.83. The Kier molecular flexibility index (Phi) is 11.7. The number of hydrogen-bond acceptors (Lipinski definition) is 5. The van der Waals surface area contributed by atoms with E-state index in [1.54, 1.807) is 13.0 Å². The molecule has 0 unspecified atom stereocenters. The van der Waals surface area contributed by atoms with Gasteiger partial charge in [0.2, 0.25) is 0 Å². The van der Waals surface area contributed by atoms with Crippen LogP contribution in [0.15, 0.2) is 60.6 Å². The number of ether oxygens (including phenoxy) is 1. The Labute approximate surface area is 245 Å². The number of halogens is 4. The molecular formula is C29H31F4N4O2W-. The van der Waals surface area contributed by atoms with Crippen LogP contribution in [0.1, 0.15) is 41.9 Å². The molecule has 0 amide bonds. The van der Waals surface area contributed by atoms with Crippen LogP contribution < -0.4 is 10.1 Å². The Morgan fingerprint density at radius 1 is 1.23 bits per heavy atom. The number of pyridine rings is 2. The minimum atomic E-state index is -4.83. The van der Waals surface area contributed by atoms with Gasteiger partial charge in [-0.15, -0.1) is 0 Å². The first-order valence-electron chi connectivity index (χ1n) is 12.3. The summed E-state index contributed by atoms with van der Waals surface area (Å²) in [5, 5.41) is 17.1. The van der Waals surface area contributed by atoms with E-state index in [0.717, 1.165) is 40.8 Å². The largest absolute Gasteiger partial charge is 0.686 e. The van der Waals surface area contributed by atoms with Gasteiger partial charge in [0, 0.05) is 61.7 Å². The fourth-order valence-corrected chi connectivity index (χ4v) is 3.91. The maximum Gasteiger partial charge on any atom is 0.448 e. The standard InChI is InChI=1S/C29H31F4N4O2.W/c1-17(2)12-24(34-5)21-13-18(3)37-28-20(21)8-6-9-26(28)39-16-22-19(4)23(30)14-36-25(22)15-35-11-7-10-27(38)29(31,32)33;/h6-14,17,34,38H,15-16H2,1-5H3;/q-1;/b11-7-,24-12-,27-10-;. The molecule has 0 fully saturated rings. The molecule has 0 saturated carbocycles. The van der Waals surface area contributed by atoms with E-state index in [0.29, 0.717) is 40.1 Å². The van der Waals surface area contributed by atoms with Crippen LogP contribution in [-0.4, -0.2) is 28.3 Å². The number of para-hydroxylation sites is 1. The summed E-state index contributed by atoms with van der Waals surface area (Å²) in [4.78, 5) is 8.82. The van der Waals surface area contributed by atoms with Crippen LogP contribution in [-0.2, 0) is 34.2 Å². The van der Waals surface area contributed by atoms with Crippen molar-refractivity contribution in [1.82, 2.24) is 15.3 Å². The number of aliphatic hydroxyl groups excluding tert-OH is 1. The van der Waals surface area contributed by atoms with Crippen molar-refractivity contribution in [2.45, 2.75) is 47.0 Å². The van der Waals surface area contributed by atoms with E-state index in [2.05, 4.69) is 35.5 Å². The molecule has 2 heterocycles. The molecule has 3 aromatic rings. The zero-order chi connectivity index (χ0) is 28.7. The van der Waals surface area contributed by atoms with Crippen molar-refractivity contribution >= 4 is 16.6 Å². The third-order valence-corrected chi connectivity index (χ3v) is 5.83. The fraction of sp³-hybridized carbons (Fsp3) is 0.310. The van der Waals surface area contributed by atoms with E-state index in [-0.39, 0.29) is 34.2 Å². The molecule has 3 rings (SSSR count). The Morgan fingerprint density at radius 2 is 1.95 bits per heavy atom. The Bertz CT molecular complexity index is 1420. The molecule has 0 spiro atoms. The van der Waals surface area contributed by atoms with Crippen molar-refractivity contribution in [1.29, 1.82) is 0 Å². The monoisotopic (exact) mass is 727 g/mol. The number of aliphatic hydroxyl groups is 1. The van der Waals surface area contributed by atoms with Crippen LogP contribution in [0.2, 0.25) is 0 Å². The van der Waals surface area contributed by atoms with Crippen molar-refractivity contribution in [3.05, 3.63) is 99.9 Å². The molecule has 2 N–H and O–H groups in total. The van der Waals surface area contributed by atoms with Crippen molar-refractivity contribution in [2.75, 3.05) is 7.05 Å². The summed E-state index contributed by atoms with van der Waals surface area (Å²) >= 11 is 0. The second kappa shape index (κ2) is 14.3. The maximum atomic E-state index is 14.4. The van der Waals surface area contributed by atoms with Gasteiger partial charge < -0.3 is 20.5 Å². The first-order valence-corrected chi connectivity index (χ1v) is 12.3. The Morgan fingerprint density at radius 3 is 2.60 bits per heavy atom. The van der Waals surface area contributed by atoms with Crippen LogP contribution in [0.25, 0.3) is 21.9 Å². The number of fused-ring (bicyclic) bond motifs is 1. The van der Waals surface area contributed by atoms with Gasteiger partial charge >= 0.3 is 6.18 Å². The van der Waals surface area contributed by atoms with Crippen LogP contribution in [0, 0.1) is 25.6 Å². The molecule has 40 heavy (non-hydrogen) atoms. The molecule has 214 valence electrons. The number of aromatic nitrogens is 2. The average molecular weight is 727 g/mol. The molecular weight excluding hydrogens is 696 g/mol. The normalized spacial score (nSPS) is 12.7. The molecule has 1 aromatic carbocycles. The zero-order valence-corrected chi connectivity index (χ0v) is 25.7. The molecule has 0 aliphatic heterocycles. The van der Waals surface area contributed by atoms with Gasteiger partial charge in [-0.25, -0.2) is 9.37 Å². The molecule has 0 atom stereocenters. The molecule has 2 aromatic heterocycles. The summed E-state index contributed by atoms with van der Waals surface area (Å²) < 4.78 is 57.7. The maximum absolute atomic E-state index is 14.4. The van der Waals surface area contributed by atoms with Gasteiger partial charge in [-0.3, -0.25) is 4.98 Å². The van der Waals surface area contributed by atoms with Gasteiger partial charge in [0.25, 0.3) is 0 Å². The van der Waals surface area contributed by atoms with Gasteiger partial charge in [0.05, 0.1) is 6.20 Å². The van der Waals surface area contributed by atoms with E-state index in [1.165, 1.54) is 0 Å². The van der Waals surface area contributed by atoms with Crippen molar-refractivity contribution in [3.8, 4) is 5.75 Å². The molecule has 11 heteroatoms. The Balaban J connectivity index is 0.00000560. The number of nitrogens with zero attached hydrogens (tertiary/aromatic N) is 3. The molecule has 0 aliphatic rings. The topological polar surface area (TPSA) is 81.4 Å². The van der Waals surface area contributed by atoms with E-state index in [1.807, 2.05) is 32.2 Å². The van der Waals surface area contributed by atoms with Gasteiger partial charge in [0.1, 0.15) is 23.7 Å². The molecule has 0 aliphatic carbocycles. The van der Waals surface area contributed by atoms with E-state index in [4.69, 9.17) is 14.8 Å². The number of allylic oxidation sites excluding steroid dienone is 4. The van der Waals surface area contributed by atoms with Crippen molar-refractivity contribution in [3.63, 3.8) is 0 Å². The number of alkyl halides is 3. The van der Waals surface area contributed by atoms with Gasteiger partial charge in [0.15, 0.2) is 5.76 Å². The van der Waals surface area contributed by atoms with Gasteiger partial charge in [-0.2, -0.15) is 19.4 Å². The first-order chi connectivity index (χ1) is 18.4. The summed E-state index contributed by atoms with van der Waals surface area (Å²) in [6.07, 6.45) is 0.933. The SMILES string of the molecule is CN/C(=C\C(C)C)c1cc(C)nc2c(OCc3c(C[N-]/C=C\C=C(/O)C(F)(F)F)ncc(F)c3C)cccc12.[W]. The second-order valence-corrected chi connectivity index (χ2v) is 9.21. The fourth-order valence-electron chi connectivity index (χ4n) is 3.91. The molecule has 0 radical (unpaired) electrons. The number of nitrogens with one attached hydrogen (secondary N) is 1. The quantitative estimate of drug-likeness (QED) is 0.128. The number of hydrogen-bond donors (Lipinski definition) is 2. The number of rotatable bonds is 10. The summed E-state index contributed by atoms with van der Waals surface area (Å²) in [5.41, 5.74) is 4.63. The van der Waals surface area contributed by atoms with Crippen LogP contribution in [0.5, 0.6) is 5.75 Å². The van der Waals surface area contributed by atoms with Crippen LogP contribution in [0.3, 0.4) is 0 Å².